The first-order valence-corrected chi connectivity index (χ1v) is 5.83. The summed E-state index contributed by atoms with van der Waals surface area (Å²) in [5.41, 5.74) is 2.82. The minimum Gasteiger partial charge on any atom is -0.298 e. The van der Waals surface area contributed by atoms with Crippen LogP contribution in [0.25, 0.3) is 16.6 Å². The van der Waals surface area contributed by atoms with Crippen LogP contribution in [-0.2, 0) is 0 Å². The van der Waals surface area contributed by atoms with E-state index in [-0.39, 0.29) is 0 Å². The van der Waals surface area contributed by atoms with Crippen LogP contribution in [0, 0.1) is 0 Å². The summed E-state index contributed by atoms with van der Waals surface area (Å²) in [6.07, 6.45) is 2.88. The van der Waals surface area contributed by atoms with Gasteiger partial charge in [-0.25, -0.2) is 0 Å². The molecule has 0 N–H and O–H groups in total. The smallest absolute Gasteiger partial charge is 0.219 e. The van der Waals surface area contributed by atoms with E-state index in [1.165, 1.54) is 0 Å². The molecule has 2 aromatic carbocycles. The average molecular weight is 234 g/mol. The maximum atomic E-state index is 10.9. The largest absolute Gasteiger partial charge is 0.298 e. The van der Waals surface area contributed by atoms with E-state index in [0.29, 0.717) is 5.56 Å². The summed E-state index contributed by atoms with van der Waals surface area (Å²) < 4.78 is 2.09. The number of aldehydes is 1. The van der Waals surface area contributed by atoms with Crippen molar-refractivity contribution in [1.82, 2.24) is 0 Å². The van der Waals surface area contributed by atoms with Gasteiger partial charge in [0.2, 0.25) is 11.2 Å². The van der Waals surface area contributed by atoms with Gasteiger partial charge in [-0.3, -0.25) is 4.79 Å². The molecule has 0 saturated heterocycles. The molecule has 0 aliphatic carbocycles. The number of hydrogen-bond donors (Lipinski definition) is 0. The van der Waals surface area contributed by atoms with Gasteiger partial charge in [-0.2, -0.15) is 4.57 Å². The molecule has 0 saturated carbocycles. The molecule has 86 valence electrons. The summed E-state index contributed by atoms with van der Waals surface area (Å²) in [5, 5.41) is 1.12. The van der Waals surface area contributed by atoms with Crippen molar-refractivity contribution in [1.29, 1.82) is 0 Å². The zero-order chi connectivity index (χ0) is 12.4. The maximum absolute atomic E-state index is 10.9. The van der Waals surface area contributed by atoms with E-state index in [2.05, 4.69) is 4.57 Å². The highest BCUT2D eigenvalue weighted by Gasteiger charge is 2.11. The van der Waals surface area contributed by atoms with Crippen molar-refractivity contribution in [3.63, 3.8) is 0 Å². The fourth-order valence-corrected chi connectivity index (χ4v) is 2.11. The summed E-state index contributed by atoms with van der Waals surface area (Å²) in [4.78, 5) is 10.9. The van der Waals surface area contributed by atoms with Gasteiger partial charge < -0.3 is 0 Å². The number of carbonyl (C=O) groups excluding carboxylic acids is 1. The molecule has 18 heavy (non-hydrogen) atoms. The van der Waals surface area contributed by atoms with Gasteiger partial charge in [0.15, 0.2) is 6.20 Å². The lowest BCUT2D eigenvalue weighted by Gasteiger charge is -2.00. The molecular formula is C16H12NO+. The molecule has 0 aliphatic rings. The number of fused-ring (bicyclic) bond motifs is 1. The van der Waals surface area contributed by atoms with E-state index in [1.54, 1.807) is 0 Å². The van der Waals surface area contributed by atoms with Crippen molar-refractivity contribution >= 4 is 17.2 Å². The fraction of sp³-hybridized carbons (Fsp3) is 0. The third-order valence-electron chi connectivity index (χ3n) is 3.00. The van der Waals surface area contributed by atoms with E-state index in [9.17, 15) is 4.79 Å². The van der Waals surface area contributed by atoms with Crippen molar-refractivity contribution in [2.24, 2.45) is 0 Å². The summed E-state index contributed by atoms with van der Waals surface area (Å²) in [6, 6.07) is 19.9. The van der Waals surface area contributed by atoms with Crippen molar-refractivity contribution in [3.8, 4) is 5.69 Å². The topological polar surface area (TPSA) is 20.9 Å². The van der Waals surface area contributed by atoms with Gasteiger partial charge in [-0.15, -0.1) is 0 Å². The molecule has 0 fully saturated rings. The van der Waals surface area contributed by atoms with Crippen molar-refractivity contribution in [2.75, 3.05) is 0 Å². The van der Waals surface area contributed by atoms with Crippen LogP contribution in [0.4, 0.5) is 0 Å². The number of hydrogen-bond acceptors (Lipinski definition) is 1. The van der Waals surface area contributed by atoms with Crippen LogP contribution >= 0.6 is 0 Å². The van der Waals surface area contributed by atoms with Crippen LogP contribution in [0.5, 0.6) is 0 Å². The van der Waals surface area contributed by atoms with E-state index >= 15 is 0 Å². The number of para-hydroxylation sites is 1. The number of nitrogens with zero attached hydrogens (tertiary/aromatic N) is 1. The average Bonchev–Trinajstić information content (AvgIpc) is 2.47. The Morgan fingerprint density at radius 3 is 2.50 bits per heavy atom. The van der Waals surface area contributed by atoms with Gasteiger partial charge in [-0.1, -0.05) is 24.3 Å². The quantitative estimate of drug-likeness (QED) is 0.493. The van der Waals surface area contributed by atoms with Crippen molar-refractivity contribution in [2.45, 2.75) is 0 Å². The molecule has 0 radical (unpaired) electrons. The molecule has 2 heteroatoms. The monoisotopic (exact) mass is 234 g/mol. The first-order valence-electron chi connectivity index (χ1n) is 5.83. The van der Waals surface area contributed by atoms with E-state index in [0.717, 1.165) is 22.9 Å². The number of rotatable bonds is 2. The lowest BCUT2D eigenvalue weighted by atomic mass is 10.1. The zero-order valence-corrected chi connectivity index (χ0v) is 9.78. The molecule has 0 bridgehead atoms. The Bertz CT molecular complexity index is 705. The Morgan fingerprint density at radius 2 is 1.72 bits per heavy atom. The van der Waals surface area contributed by atoms with Gasteiger partial charge in [0.25, 0.3) is 0 Å². The summed E-state index contributed by atoms with van der Waals surface area (Å²) in [5.74, 6) is 0. The Morgan fingerprint density at radius 1 is 0.889 bits per heavy atom. The van der Waals surface area contributed by atoms with Crippen molar-refractivity contribution in [3.05, 3.63) is 72.4 Å². The third kappa shape index (κ3) is 1.78. The Kier molecular flexibility index (Phi) is 2.61. The third-order valence-corrected chi connectivity index (χ3v) is 3.00. The SMILES string of the molecule is O=Cc1ccc2ccc[n+](-c3ccccc3)c2c1. The molecule has 0 atom stereocenters. The highest BCUT2D eigenvalue weighted by molar-refractivity contribution is 5.84. The maximum Gasteiger partial charge on any atom is 0.219 e. The molecule has 3 rings (SSSR count). The molecule has 0 amide bonds. The van der Waals surface area contributed by atoms with E-state index in [1.807, 2.05) is 66.9 Å². The lowest BCUT2D eigenvalue weighted by Crippen LogP contribution is -2.30. The molecular weight excluding hydrogens is 222 g/mol. The summed E-state index contributed by atoms with van der Waals surface area (Å²) >= 11 is 0. The van der Waals surface area contributed by atoms with Crippen LogP contribution in [-0.4, -0.2) is 6.29 Å². The predicted molar refractivity (Wildman–Crippen MR) is 70.9 cm³/mol. The highest BCUT2D eigenvalue weighted by atomic mass is 16.1. The van der Waals surface area contributed by atoms with Gasteiger partial charge in [0, 0.05) is 35.2 Å². The van der Waals surface area contributed by atoms with Gasteiger partial charge >= 0.3 is 0 Å². The van der Waals surface area contributed by atoms with Crippen molar-refractivity contribution < 1.29 is 9.36 Å². The molecule has 1 aromatic heterocycles. The van der Waals surface area contributed by atoms with Gasteiger partial charge in [0.05, 0.1) is 0 Å². The molecule has 0 spiro atoms. The standard InChI is InChI=1S/C16H12NO/c18-12-13-8-9-14-5-4-10-17(16(14)11-13)15-6-2-1-3-7-15/h1-12H/q+1. The normalized spacial score (nSPS) is 10.4. The molecule has 3 aromatic rings. The minimum absolute atomic E-state index is 0.693. The predicted octanol–water partition coefficient (Wildman–Crippen LogP) is 2.93. The fourth-order valence-electron chi connectivity index (χ4n) is 2.11. The van der Waals surface area contributed by atoms with E-state index < -0.39 is 0 Å². The molecule has 0 aliphatic heterocycles. The second kappa shape index (κ2) is 4.41. The second-order valence-electron chi connectivity index (χ2n) is 4.15. The van der Waals surface area contributed by atoms with Gasteiger partial charge in [-0.05, 0) is 12.1 Å². The Hall–Kier alpha value is -2.48. The Balaban J connectivity index is 2.32. The van der Waals surface area contributed by atoms with Crippen LogP contribution in [0.2, 0.25) is 0 Å². The number of benzene rings is 2. The van der Waals surface area contributed by atoms with Crippen LogP contribution in [0.1, 0.15) is 10.4 Å². The van der Waals surface area contributed by atoms with Gasteiger partial charge in [0.1, 0.15) is 6.29 Å². The molecule has 2 nitrogen and oxygen atoms in total. The number of pyridine rings is 1. The molecule has 1 heterocycles. The highest BCUT2D eigenvalue weighted by Crippen LogP contribution is 2.13. The lowest BCUT2D eigenvalue weighted by molar-refractivity contribution is -0.567. The van der Waals surface area contributed by atoms with E-state index in [4.69, 9.17) is 0 Å². The van der Waals surface area contributed by atoms with Crippen LogP contribution in [0.3, 0.4) is 0 Å². The molecule has 0 unspecified atom stereocenters. The minimum atomic E-state index is 0.693. The summed E-state index contributed by atoms with van der Waals surface area (Å²) in [7, 11) is 0. The van der Waals surface area contributed by atoms with Crippen LogP contribution < -0.4 is 4.57 Å². The Labute approximate surface area is 105 Å². The second-order valence-corrected chi connectivity index (χ2v) is 4.15. The zero-order valence-electron chi connectivity index (χ0n) is 9.78. The first-order chi connectivity index (χ1) is 8.88. The van der Waals surface area contributed by atoms with Crippen LogP contribution in [0.15, 0.2) is 66.9 Å². The number of carbonyl (C=O) groups is 1. The number of aromatic nitrogens is 1. The summed E-state index contributed by atoms with van der Waals surface area (Å²) in [6.45, 7) is 0. The first kappa shape index (κ1) is 10.7.